The maximum absolute atomic E-state index is 13.0. The van der Waals surface area contributed by atoms with Crippen LogP contribution in [0.1, 0.15) is 56.2 Å². The van der Waals surface area contributed by atoms with Crippen LogP contribution in [0.3, 0.4) is 0 Å². The van der Waals surface area contributed by atoms with Crippen molar-refractivity contribution in [1.82, 2.24) is 9.38 Å². The number of hydrogen-bond donors (Lipinski definition) is 0. The van der Waals surface area contributed by atoms with Crippen LogP contribution in [-0.2, 0) is 12.6 Å². The zero-order chi connectivity index (χ0) is 15.6. The van der Waals surface area contributed by atoms with Crippen LogP contribution >= 0.6 is 0 Å². The van der Waals surface area contributed by atoms with Gasteiger partial charge in [-0.2, -0.15) is 13.2 Å². The van der Waals surface area contributed by atoms with Crippen LogP contribution < -0.4 is 0 Å². The minimum atomic E-state index is -4.30. The van der Waals surface area contributed by atoms with E-state index in [9.17, 15) is 13.2 Å². The topological polar surface area (TPSA) is 17.3 Å². The van der Waals surface area contributed by atoms with Crippen LogP contribution in [0.2, 0.25) is 0 Å². The lowest BCUT2D eigenvalue weighted by Crippen LogP contribution is -2.09. The second-order valence-electron chi connectivity index (χ2n) is 6.32. The third kappa shape index (κ3) is 3.45. The Labute approximate surface area is 128 Å². The van der Waals surface area contributed by atoms with E-state index >= 15 is 0 Å². The molecule has 0 amide bonds. The van der Waals surface area contributed by atoms with Crippen molar-refractivity contribution in [2.24, 2.45) is 5.92 Å². The van der Waals surface area contributed by atoms with E-state index in [1.807, 2.05) is 0 Å². The Morgan fingerprint density at radius 1 is 1.14 bits per heavy atom. The normalized spacial score (nSPS) is 17.2. The summed E-state index contributed by atoms with van der Waals surface area (Å²) in [7, 11) is 0. The smallest absolute Gasteiger partial charge is 0.303 e. The summed E-state index contributed by atoms with van der Waals surface area (Å²) in [4.78, 5) is 3.98. The second kappa shape index (κ2) is 6.31. The standard InChI is InChI=1S/C17H21F3N2/c18-17(19,20)14-9-15(22-12-21-11-16(22)10-14)8-4-7-13-5-2-1-3-6-13/h9-13H,1-8H2. The number of alkyl halides is 3. The Morgan fingerprint density at radius 3 is 2.64 bits per heavy atom. The van der Waals surface area contributed by atoms with Gasteiger partial charge >= 0.3 is 6.18 Å². The van der Waals surface area contributed by atoms with Crippen LogP contribution in [0.15, 0.2) is 24.7 Å². The van der Waals surface area contributed by atoms with Gasteiger partial charge in [0.25, 0.3) is 0 Å². The molecule has 1 aliphatic carbocycles. The first-order chi connectivity index (χ1) is 10.5. The SMILES string of the molecule is FC(F)(F)c1cc(CCCC2CCCCC2)n2cncc2c1. The van der Waals surface area contributed by atoms with Crippen molar-refractivity contribution >= 4 is 5.52 Å². The van der Waals surface area contributed by atoms with E-state index in [4.69, 9.17) is 0 Å². The zero-order valence-electron chi connectivity index (χ0n) is 12.6. The Bertz CT molecular complexity index is 624. The number of halogens is 3. The summed E-state index contributed by atoms with van der Waals surface area (Å²) in [6.07, 6.45) is 8.03. The summed E-state index contributed by atoms with van der Waals surface area (Å²) in [5, 5.41) is 0. The van der Waals surface area contributed by atoms with E-state index in [-0.39, 0.29) is 0 Å². The zero-order valence-corrected chi connectivity index (χ0v) is 12.6. The van der Waals surface area contributed by atoms with Gasteiger partial charge in [0.1, 0.15) is 0 Å². The van der Waals surface area contributed by atoms with Gasteiger partial charge in [0, 0.05) is 5.69 Å². The molecule has 0 atom stereocenters. The third-order valence-electron chi connectivity index (χ3n) is 4.70. The molecular formula is C17H21F3N2. The number of imidazole rings is 1. The molecule has 0 radical (unpaired) electrons. The fourth-order valence-corrected chi connectivity index (χ4v) is 3.51. The van der Waals surface area contributed by atoms with Crippen molar-refractivity contribution < 1.29 is 13.2 Å². The Kier molecular flexibility index (Phi) is 4.41. The average Bonchev–Trinajstić information content (AvgIpc) is 2.96. The summed E-state index contributed by atoms with van der Waals surface area (Å²) in [6.45, 7) is 0. The number of pyridine rings is 1. The molecule has 0 aliphatic heterocycles. The minimum Gasteiger partial charge on any atom is -0.303 e. The molecule has 2 aromatic rings. The molecule has 2 heterocycles. The molecule has 0 N–H and O–H groups in total. The number of rotatable bonds is 4. The van der Waals surface area contributed by atoms with Crippen molar-refractivity contribution in [1.29, 1.82) is 0 Å². The van der Waals surface area contributed by atoms with Gasteiger partial charge in [0.15, 0.2) is 0 Å². The lowest BCUT2D eigenvalue weighted by Gasteiger charge is -2.21. The lowest BCUT2D eigenvalue weighted by molar-refractivity contribution is -0.137. The van der Waals surface area contributed by atoms with E-state index in [2.05, 4.69) is 4.98 Å². The maximum Gasteiger partial charge on any atom is 0.416 e. The fourth-order valence-electron chi connectivity index (χ4n) is 3.51. The van der Waals surface area contributed by atoms with Gasteiger partial charge in [0.05, 0.1) is 23.6 Å². The van der Waals surface area contributed by atoms with Crippen LogP contribution in [0.4, 0.5) is 13.2 Å². The summed E-state index contributed by atoms with van der Waals surface area (Å²) in [5.41, 5.74) is 0.647. The molecule has 1 aliphatic rings. The molecule has 120 valence electrons. The van der Waals surface area contributed by atoms with Crippen molar-refractivity contribution in [3.8, 4) is 0 Å². The largest absolute Gasteiger partial charge is 0.416 e. The van der Waals surface area contributed by atoms with Gasteiger partial charge < -0.3 is 4.40 Å². The predicted octanol–water partition coefficient (Wildman–Crippen LogP) is 5.26. The Morgan fingerprint density at radius 2 is 1.91 bits per heavy atom. The van der Waals surface area contributed by atoms with Gasteiger partial charge in [-0.15, -0.1) is 0 Å². The van der Waals surface area contributed by atoms with Gasteiger partial charge in [0.2, 0.25) is 0 Å². The molecule has 1 fully saturated rings. The highest BCUT2D eigenvalue weighted by Crippen LogP contribution is 2.32. The second-order valence-corrected chi connectivity index (χ2v) is 6.32. The highest BCUT2D eigenvalue weighted by molar-refractivity contribution is 5.49. The number of hydrogen-bond acceptors (Lipinski definition) is 1. The number of aromatic nitrogens is 2. The van der Waals surface area contributed by atoms with Crippen LogP contribution in [0.25, 0.3) is 5.52 Å². The van der Waals surface area contributed by atoms with Crippen molar-refractivity contribution in [3.05, 3.63) is 35.9 Å². The van der Waals surface area contributed by atoms with Gasteiger partial charge in [-0.05, 0) is 30.9 Å². The molecule has 0 spiro atoms. The monoisotopic (exact) mass is 310 g/mol. The molecule has 0 unspecified atom stereocenters. The number of nitrogens with zero attached hydrogens (tertiary/aromatic N) is 2. The maximum atomic E-state index is 13.0. The number of fused-ring (bicyclic) bond motifs is 1. The molecule has 2 aromatic heterocycles. The van der Waals surface area contributed by atoms with E-state index in [0.717, 1.165) is 24.8 Å². The van der Waals surface area contributed by atoms with E-state index < -0.39 is 11.7 Å². The summed E-state index contributed by atoms with van der Waals surface area (Å²) >= 11 is 0. The van der Waals surface area contributed by atoms with Gasteiger partial charge in [-0.25, -0.2) is 4.98 Å². The lowest BCUT2D eigenvalue weighted by atomic mass is 9.85. The number of aryl methyl sites for hydroxylation is 1. The minimum absolute atomic E-state index is 0.516. The van der Waals surface area contributed by atoms with Gasteiger partial charge in [-0.1, -0.05) is 38.5 Å². The highest BCUT2D eigenvalue weighted by atomic mass is 19.4. The third-order valence-corrected chi connectivity index (χ3v) is 4.70. The molecule has 2 nitrogen and oxygen atoms in total. The molecule has 0 bridgehead atoms. The fraction of sp³-hybridized carbons (Fsp3) is 0.588. The molecule has 1 saturated carbocycles. The predicted molar refractivity (Wildman–Crippen MR) is 79.7 cm³/mol. The Hall–Kier alpha value is -1.52. The van der Waals surface area contributed by atoms with Crippen molar-refractivity contribution in [3.63, 3.8) is 0 Å². The molecule has 5 heteroatoms. The quantitative estimate of drug-likeness (QED) is 0.753. The molecule has 0 saturated heterocycles. The summed E-state index contributed by atoms with van der Waals surface area (Å²) in [6, 6.07) is 2.44. The first kappa shape index (κ1) is 15.4. The van der Waals surface area contributed by atoms with Gasteiger partial charge in [-0.3, -0.25) is 0 Å². The van der Waals surface area contributed by atoms with E-state index in [1.54, 1.807) is 10.7 Å². The molecule has 3 rings (SSSR count). The highest BCUT2D eigenvalue weighted by Gasteiger charge is 2.31. The molecule has 0 aromatic carbocycles. The van der Waals surface area contributed by atoms with Crippen molar-refractivity contribution in [2.75, 3.05) is 0 Å². The summed E-state index contributed by atoms with van der Waals surface area (Å²) < 4.78 is 40.7. The summed E-state index contributed by atoms with van der Waals surface area (Å²) in [5.74, 6) is 0.762. The van der Waals surface area contributed by atoms with Crippen LogP contribution in [0, 0.1) is 5.92 Å². The Balaban J connectivity index is 1.73. The first-order valence-corrected chi connectivity index (χ1v) is 8.06. The molecule has 22 heavy (non-hydrogen) atoms. The van der Waals surface area contributed by atoms with Crippen molar-refractivity contribution in [2.45, 2.75) is 57.5 Å². The molecular weight excluding hydrogens is 289 g/mol. The van der Waals surface area contributed by atoms with E-state index in [0.29, 0.717) is 17.6 Å². The van der Waals surface area contributed by atoms with E-state index in [1.165, 1.54) is 44.4 Å². The first-order valence-electron chi connectivity index (χ1n) is 8.06. The van der Waals surface area contributed by atoms with Crippen LogP contribution in [-0.4, -0.2) is 9.38 Å². The van der Waals surface area contributed by atoms with Crippen LogP contribution in [0.5, 0.6) is 0 Å². The average molecular weight is 310 g/mol.